The van der Waals surface area contributed by atoms with Gasteiger partial charge in [0.15, 0.2) is 4.34 Å². The Morgan fingerprint density at radius 3 is 1.74 bits per heavy atom. The normalized spacial score (nSPS) is 13.5. The van der Waals surface area contributed by atoms with Gasteiger partial charge in [-0.25, -0.2) is 4.98 Å². The van der Waals surface area contributed by atoms with E-state index in [0.29, 0.717) is 0 Å². The predicted molar refractivity (Wildman–Crippen MR) is 203 cm³/mol. The van der Waals surface area contributed by atoms with Crippen molar-refractivity contribution in [1.82, 2.24) is 4.98 Å². The number of fused-ring (bicyclic) bond motifs is 1. The molecule has 6 nitrogen and oxygen atoms in total. The van der Waals surface area contributed by atoms with Gasteiger partial charge in [0, 0.05) is 18.8 Å². The highest BCUT2D eigenvalue weighted by molar-refractivity contribution is 8.01. The molecular formula is C39H66N2O4S2. The highest BCUT2D eigenvalue weighted by Crippen LogP contribution is 2.38. The molecule has 3 unspecified atom stereocenters. The lowest BCUT2D eigenvalue weighted by Crippen LogP contribution is -2.36. The number of unbranched alkanes of at least 4 members (excludes halogenated alkanes) is 16. The Balaban J connectivity index is 1.82. The van der Waals surface area contributed by atoms with Gasteiger partial charge in [0.1, 0.15) is 5.52 Å². The second kappa shape index (κ2) is 25.2. The van der Waals surface area contributed by atoms with E-state index in [4.69, 9.17) is 4.98 Å². The number of hydrogen-bond acceptors (Lipinski definition) is 6. The Morgan fingerprint density at radius 2 is 1.26 bits per heavy atom. The number of carbonyl (C=O) groups is 2. The molecule has 1 heterocycles. The molecule has 268 valence electrons. The van der Waals surface area contributed by atoms with Gasteiger partial charge in [0.05, 0.1) is 22.2 Å². The van der Waals surface area contributed by atoms with Crippen molar-refractivity contribution >= 4 is 50.9 Å². The second-order valence-electron chi connectivity index (χ2n) is 13.6. The Labute approximate surface area is 294 Å². The first-order valence-corrected chi connectivity index (χ1v) is 20.9. The van der Waals surface area contributed by atoms with E-state index in [1.807, 2.05) is 6.92 Å². The first-order chi connectivity index (χ1) is 22.8. The van der Waals surface area contributed by atoms with E-state index in [-0.39, 0.29) is 11.7 Å². The number of thiazole rings is 1. The maximum absolute atomic E-state index is 12.4. The van der Waals surface area contributed by atoms with Crippen LogP contribution in [0.5, 0.6) is 0 Å². The maximum Gasteiger partial charge on any atom is 0.308 e. The molecule has 47 heavy (non-hydrogen) atoms. The third-order valence-electron chi connectivity index (χ3n) is 9.58. The molecule has 2 rings (SSSR count). The van der Waals surface area contributed by atoms with Gasteiger partial charge in [-0.05, 0) is 37.3 Å². The van der Waals surface area contributed by atoms with Crippen LogP contribution in [0.25, 0.3) is 10.2 Å². The summed E-state index contributed by atoms with van der Waals surface area (Å²) in [5.41, 5.74) is 2.11. The summed E-state index contributed by atoms with van der Waals surface area (Å²) in [6, 6.07) is 6.30. The smallest absolute Gasteiger partial charge is 0.308 e. The third kappa shape index (κ3) is 16.0. The zero-order valence-corrected chi connectivity index (χ0v) is 31.8. The molecule has 0 saturated carbocycles. The molecule has 0 aliphatic heterocycles. The van der Waals surface area contributed by atoms with Crippen molar-refractivity contribution in [3.8, 4) is 0 Å². The molecule has 2 N–H and O–H groups in total. The molecule has 0 aliphatic rings. The van der Waals surface area contributed by atoms with Crippen LogP contribution in [0.2, 0.25) is 0 Å². The number of para-hydroxylation sites is 1. The molecule has 0 aliphatic carbocycles. The monoisotopic (exact) mass is 690 g/mol. The summed E-state index contributed by atoms with van der Waals surface area (Å²) in [7, 11) is 0. The van der Waals surface area contributed by atoms with Crippen LogP contribution < -0.4 is 4.90 Å². The van der Waals surface area contributed by atoms with Crippen LogP contribution in [-0.4, -0.2) is 46.0 Å². The molecule has 0 saturated heterocycles. The average Bonchev–Trinajstić information content (AvgIpc) is 3.48. The SMILES string of the molecule is CCCCCCCCCCCCCCCCCC(C)C(C(=O)O)C(CSc1nc2c(N(CCCC)CCCC)cccc2s1)C(=O)O. The summed E-state index contributed by atoms with van der Waals surface area (Å²) in [6.45, 7) is 10.6. The molecule has 3 atom stereocenters. The molecule has 1 aromatic heterocycles. The van der Waals surface area contributed by atoms with Crippen molar-refractivity contribution in [2.24, 2.45) is 17.8 Å². The number of carboxylic acid groups (broad SMARTS) is 2. The standard InChI is InChI=1S/C39H66N2O4S2/c1-5-8-11-12-13-14-15-16-17-18-19-20-21-22-23-25-31(4)35(38(44)45)32(37(42)43)30-46-39-40-36-33(26-24-27-34(36)47-39)41(28-9-6-2)29-10-7-3/h24,26-27,31-32,35H,5-23,25,28-30H2,1-4H3,(H,42,43)(H,44,45). The molecule has 2 aromatic rings. The number of thioether (sulfide) groups is 1. The van der Waals surface area contributed by atoms with Gasteiger partial charge >= 0.3 is 11.9 Å². The number of nitrogens with zero attached hydrogens (tertiary/aromatic N) is 2. The Bertz CT molecular complexity index is 1120. The van der Waals surface area contributed by atoms with Crippen molar-refractivity contribution < 1.29 is 19.8 Å². The predicted octanol–water partition coefficient (Wildman–Crippen LogP) is 12.1. The van der Waals surface area contributed by atoms with Gasteiger partial charge in [0.2, 0.25) is 0 Å². The van der Waals surface area contributed by atoms with E-state index in [9.17, 15) is 19.8 Å². The van der Waals surface area contributed by atoms with Crippen molar-refractivity contribution in [3.05, 3.63) is 18.2 Å². The summed E-state index contributed by atoms with van der Waals surface area (Å²) >= 11 is 2.97. The number of carboxylic acids is 2. The van der Waals surface area contributed by atoms with Gasteiger partial charge in [-0.2, -0.15) is 0 Å². The zero-order valence-electron chi connectivity index (χ0n) is 30.1. The maximum atomic E-state index is 12.4. The van der Waals surface area contributed by atoms with E-state index < -0.39 is 23.8 Å². The van der Waals surface area contributed by atoms with Crippen LogP contribution in [0, 0.1) is 17.8 Å². The summed E-state index contributed by atoms with van der Waals surface area (Å²) in [5.74, 6) is -3.87. The van der Waals surface area contributed by atoms with Crippen molar-refractivity contribution in [1.29, 1.82) is 0 Å². The summed E-state index contributed by atoms with van der Waals surface area (Å²) in [4.78, 5) is 32.2. The van der Waals surface area contributed by atoms with E-state index in [1.54, 1.807) is 11.3 Å². The molecule has 0 amide bonds. The largest absolute Gasteiger partial charge is 0.481 e. The van der Waals surface area contributed by atoms with Crippen molar-refractivity contribution in [3.63, 3.8) is 0 Å². The van der Waals surface area contributed by atoms with Crippen LogP contribution in [0.15, 0.2) is 22.5 Å². The molecular weight excluding hydrogens is 625 g/mol. The lowest BCUT2D eigenvalue weighted by Gasteiger charge is -2.25. The average molecular weight is 691 g/mol. The van der Waals surface area contributed by atoms with Crippen molar-refractivity contribution in [2.45, 2.75) is 160 Å². The minimum absolute atomic E-state index is 0.191. The number of aliphatic carboxylic acids is 2. The zero-order chi connectivity index (χ0) is 34.3. The van der Waals surface area contributed by atoms with Crippen LogP contribution in [-0.2, 0) is 9.59 Å². The van der Waals surface area contributed by atoms with Crippen molar-refractivity contribution in [2.75, 3.05) is 23.7 Å². The second-order valence-corrected chi connectivity index (χ2v) is 15.9. The molecule has 0 fully saturated rings. The van der Waals surface area contributed by atoms with E-state index in [0.717, 1.165) is 78.3 Å². The summed E-state index contributed by atoms with van der Waals surface area (Å²) in [6.07, 6.45) is 24.7. The fraction of sp³-hybridized carbons (Fsp3) is 0.769. The lowest BCUT2D eigenvalue weighted by molar-refractivity contribution is -0.155. The Kier molecular flexibility index (Phi) is 22.2. The number of aromatic nitrogens is 1. The quantitative estimate of drug-likeness (QED) is 0.0622. The number of hydrogen-bond donors (Lipinski definition) is 2. The summed E-state index contributed by atoms with van der Waals surface area (Å²) in [5, 5.41) is 20.3. The van der Waals surface area contributed by atoms with Gasteiger partial charge in [-0.1, -0.05) is 155 Å². The Hall–Kier alpha value is -1.80. The molecule has 1 aromatic carbocycles. The van der Waals surface area contributed by atoms with E-state index in [2.05, 4.69) is 43.9 Å². The number of anilines is 1. The van der Waals surface area contributed by atoms with Crippen LogP contribution in [0.3, 0.4) is 0 Å². The van der Waals surface area contributed by atoms with Gasteiger partial charge in [0.25, 0.3) is 0 Å². The van der Waals surface area contributed by atoms with Gasteiger partial charge in [-0.3, -0.25) is 9.59 Å². The minimum atomic E-state index is -1.03. The van der Waals surface area contributed by atoms with Gasteiger partial charge < -0.3 is 15.1 Å². The Morgan fingerprint density at radius 1 is 0.745 bits per heavy atom. The van der Waals surface area contributed by atoms with E-state index >= 15 is 0 Å². The van der Waals surface area contributed by atoms with Gasteiger partial charge in [-0.15, -0.1) is 11.3 Å². The number of rotatable bonds is 30. The minimum Gasteiger partial charge on any atom is -0.481 e. The summed E-state index contributed by atoms with van der Waals surface area (Å²) < 4.78 is 1.90. The fourth-order valence-electron chi connectivity index (χ4n) is 6.60. The van der Waals surface area contributed by atoms with E-state index in [1.165, 1.54) is 95.2 Å². The topological polar surface area (TPSA) is 90.7 Å². The molecule has 0 spiro atoms. The fourth-order valence-corrected chi connectivity index (χ4v) is 8.86. The highest BCUT2D eigenvalue weighted by Gasteiger charge is 2.37. The first-order valence-electron chi connectivity index (χ1n) is 19.1. The van der Waals surface area contributed by atoms with Crippen LogP contribution in [0.1, 0.15) is 156 Å². The lowest BCUT2D eigenvalue weighted by atomic mass is 9.80. The highest BCUT2D eigenvalue weighted by atomic mass is 32.2. The molecule has 8 heteroatoms. The molecule has 0 radical (unpaired) electrons. The third-order valence-corrected chi connectivity index (χ3v) is 11.9. The first kappa shape index (κ1) is 41.4. The van der Waals surface area contributed by atoms with Crippen LogP contribution >= 0.6 is 23.1 Å². The molecule has 0 bridgehead atoms. The number of benzene rings is 1. The van der Waals surface area contributed by atoms with Crippen LogP contribution in [0.4, 0.5) is 5.69 Å².